The van der Waals surface area contributed by atoms with Crippen molar-refractivity contribution in [1.29, 1.82) is 0 Å². The molecule has 154 valence electrons. The molecule has 2 aromatic rings. The van der Waals surface area contributed by atoms with Gasteiger partial charge in [0.1, 0.15) is 6.10 Å². The normalized spacial score (nSPS) is 19.3. The van der Waals surface area contributed by atoms with E-state index in [0.717, 1.165) is 56.3 Å². The van der Waals surface area contributed by atoms with Crippen LogP contribution in [0.1, 0.15) is 36.0 Å². The van der Waals surface area contributed by atoms with Gasteiger partial charge < -0.3 is 9.64 Å². The van der Waals surface area contributed by atoms with Crippen LogP contribution in [0.15, 0.2) is 47.2 Å². The molecule has 4 rings (SSSR count). The van der Waals surface area contributed by atoms with E-state index in [-0.39, 0.29) is 17.8 Å². The molecule has 1 amide bonds. The molecule has 5 nitrogen and oxygen atoms in total. The van der Waals surface area contributed by atoms with Crippen LogP contribution in [-0.2, 0) is 0 Å². The number of para-hydroxylation sites is 1. The number of hydrogen-bond donors (Lipinski definition) is 0. The summed E-state index contributed by atoms with van der Waals surface area (Å²) in [6, 6.07) is 8.91. The van der Waals surface area contributed by atoms with Gasteiger partial charge in [0.25, 0.3) is 5.91 Å². The summed E-state index contributed by atoms with van der Waals surface area (Å²) < 4.78 is 20.5. The van der Waals surface area contributed by atoms with Gasteiger partial charge in [0.15, 0.2) is 11.6 Å². The third-order valence-corrected chi connectivity index (χ3v) is 6.26. The van der Waals surface area contributed by atoms with Crippen LogP contribution in [0.25, 0.3) is 0 Å². The SMILES string of the molecule is O=C(c1cncc(Br)c1)N1CCC(N2CCC(Oc3ccccc3F)CC2)CC1. The Morgan fingerprint density at radius 1 is 1.07 bits per heavy atom. The summed E-state index contributed by atoms with van der Waals surface area (Å²) in [5, 5.41) is 0. The largest absolute Gasteiger partial charge is 0.487 e. The summed E-state index contributed by atoms with van der Waals surface area (Å²) in [4.78, 5) is 21.2. The molecular weight excluding hydrogens is 437 g/mol. The van der Waals surface area contributed by atoms with Gasteiger partial charge in [0.05, 0.1) is 5.56 Å². The topological polar surface area (TPSA) is 45.7 Å². The third kappa shape index (κ3) is 4.95. The fraction of sp³-hybridized carbons (Fsp3) is 0.455. The molecule has 3 heterocycles. The van der Waals surface area contributed by atoms with Crippen molar-refractivity contribution in [2.75, 3.05) is 26.2 Å². The highest BCUT2D eigenvalue weighted by molar-refractivity contribution is 9.10. The van der Waals surface area contributed by atoms with Gasteiger partial charge in [-0.05, 0) is 59.8 Å². The number of aromatic nitrogens is 1. The quantitative estimate of drug-likeness (QED) is 0.686. The van der Waals surface area contributed by atoms with Crippen molar-refractivity contribution in [3.05, 3.63) is 58.6 Å². The van der Waals surface area contributed by atoms with Crippen molar-refractivity contribution < 1.29 is 13.9 Å². The predicted molar refractivity (Wildman–Crippen MR) is 112 cm³/mol. The van der Waals surface area contributed by atoms with Crippen molar-refractivity contribution in [3.63, 3.8) is 0 Å². The van der Waals surface area contributed by atoms with Crippen molar-refractivity contribution in [3.8, 4) is 5.75 Å². The summed E-state index contributed by atoms with van der Waals surface area (Å²) in [5.74, 6) is 0.0988. The summed E-state index contributed by atoms with van der Waals surface area (Å²) in [6.07, 6.45) is 7.13. The molecule has 0 spiro atoms. The van der Waals surface area contributed by atoms with Crippen LogP contribution < -0.4 is 4.74 Å². The van der Waals surface area contributed by atoms with Crippen LogP contribution in [0.3, 0.4) is 0 Å². The molecule has 0 atom stereocenters. The number of carbonyl (C=O) groups is 1. The Bertz CT molecular complexity index is 849. The number of nitrogens with zero attached hydrogens (tertiary/aromatic N) is 3. The first-order valence-corrected chi connectivity index (χ1v) is 10.9. The van der Waals surface area contributed by atoms with E-state index in [1.165, 1.54) is 6.07 Å². The molecule has 29 heavy (non-hydrogen) atoms. The average molecular weight is 462 g/mol. The van der Waals surface area contributed by atoms with E-state index in [9.17, 15) is 9.18 Å². The summed E-state index contributed by atoms with van der Waals surface area (Å²) >= 11 is 3.37. The highest BCUT2D eigenvalue weighted by Crippen LogP contribution is 2.25. The van der Waals surface area contributed by atoms with E-state index >= 15 is 0 Å². The summed E-state index contributed by atoms with van der Waals surface area (Å²) in [7, 11) is 0. The Morgan fingerprint density at radius 2 is 1.79 bits per heavy atom. The van der Waals surface area contributed by atoms with Gasteiger partial charge >= 0.3 is 0 Å². The van der Waals surface area contributed by atoms with E-state index in [0.29, 0.717) is 17.4 Å². The van der Waals surface area contributed by atoms with E-state index in [2.05, 4.69) is 25.8 Å². The van der Waals surface area contributed by atoms with Crippen LogP contribution in [0.4, 0.5) is 4.39 Å². The number of rotatable bonds is 4. The molecule has 0 saturated carbocycles. The minimum absolute atomic E-state index is 0.0502. The van der Waals surface area contributed by atoms with E-state index in [4.69, 9.17) is 4.74 Å². The zero-order valence-electron chi connectivity index (χ0n) is 16.3. The molecule has 2 saturated heterocycles. The second-order valence-corrected chi connectivity index (χ2v) is 8.61. The molecule has 0 bridgehead atoms. The highest BCUT2D eigenvalue weighted by atomic mass is 79.9. The molecule has 7 heteroatoms. The Morgan fingerprint density at radius 3 is 2.48 bits per heavy atom. The second-order valence-electron chi connectivity index (χ2n) is 7.70. The lowest BCUT2D eigenvalue weighted by Crippen LogP contribution is -2.50. The molecule has 0 unspecified atom stereocenters. The Balaban J connectivity index is 1.25. The lowest BCUT2D eigenvalue weighted by molar-refractivity contribution is 0.0416. The van der Waals surface area contributed by atoms with Gasteiger partial charge in [-0.25, -0.2) is 4.39 Å². The number of halogens is 2. The number of pyridine rings is 1. The lowest BCUT2D eigenvalue weighted by atomic mass is 9.98. The Labute approximate surface area is 179 Å². The first-order chi connectivity index (χ1) is 14.1. The number of benzene rings is 1. The monoisotopic (exact) mass is 461 g/mol. The van der Waals surface area contributed by atoms with Gasteiger partial charge in [-0.2, -0.15) is 0 Å². The number of hydrogen-bond acceptors (Lipinski definition) is 4. The smallest absolute Gasteiger partial charge is 0.255 e. The molecule has 2 aliphatic rings. The van der Waals surface area contributed by atoms with Crippen LogP contribution in [0.5, 0.6) is 5.75 Å². The van der Waals surface area contributed by atoms with Crippen molar-refractivity contribution >= 4 is 21.8 Å². The van der Waals surface area contributed by atoms with Crippen LogP contribution in [0.2, 0.25) is 0 Å². The van der Waals surface area contributed by atoms with E-state index in [1.807, 2.05) is 11.0 Å². The molecule has 2 fully saturated rings. The molecule has 0 N–H and O–H groups in total. The summed E-state index contributed by atoms with van der Waals surface area (Å²) in [5.41, 5.74) is 0.629. The van der Waals surface area contributed by atoms with Gasteiger partial charge in [-0.15, -0.1) is 0 Å². The summed E-state index contributed by atoms with van der Waals surface area (Å²) in [6.45, 7) is 3.43. The van der Waals surface area contributed by atoms with Crippen LogP contribution >= 0.6 is 15.9 Å². The number of likely N-dealkylation sites (tertiary alicyclic amines) is 2. The van der Waals surface area contributed by atoms with Crippen molar-refractivity contribution in [1.82, 2.24) is 14.8 Å². The first kappa shape index (κ1) is 20.3. The number of piperidine rings is 2. The predicted octanol–water partition coefficient (Wildman–Crippen LogP) is 4.13. The standard InChI is InChI=1S/C22H25BrFN3O2/c23-17-13-16(14-25-15-17)22(28)27-9-5-18(6-10-27)26-11-7-19(8-12-26)29-21-4-2-1-3-20(21)24/h1-4,13-15,18-19H,5-12H2. The minimum Gasteiger partial charge on any atom is -0.487 e. The maximum absolute atomic E-state index is 13.8. The molecule has 2 aliphatic heterocycles. The fourth-order valence-corrected chi connectivity index (χ4v) is 4.59. The molecule has 1 aromatic carbocycles. The lowest BCUT2D eigenvalue weighted by Gasteiger charge is -2.41. The number of carbonyl (C=O) groups excluding carboxylic acids is 1. The first-order valence-electron chi connectivity index (χ1n) is 10.2. The highest BCUT2D eigenvalue weighted by Gasteiger charge is 2.30. The molecule has 0 aliphatic carbocycles. The zero-order valence-corrected chi connectivity index (χ0v) is 17.9. The van der Waals surface area contributed by atoms with E-state index < -0.39 is 0 Å². The molecular formula is C22H25BrFN3O2. The van der Waals surface area contributed by atoms with Gasteiger partial charge in [-0.3, -0.25) is 14.7 Å². The van der Waals surface area contributed by atoms with Gasteiger partial charge in [-0.1, -0.05) is 12.1 Å². The van der Waals surface area contributed by atoms with Crippen LogP contribution in [0, 0.1) is 5.82 Å². The Kier molecular flexibility index (Phi) is 6.45. The van der Waals surface area contributed by atoms with Gasteiger partial charge in [0, 0.05) is 49.1 Å². The maximum atomic E-state index is 13.8. The molecule has 0 radical (unpaired) electrons. The third-order valence-electron chi connectivity index (χ3n) is 5.83. The minimum atomic E-state index is -0.299. The maximum Gasteiger partial charge on any atom is 0.255 e. The Hall–Kier alpha value is -1.99. The number of amides is 1. The average Bonchev–Trinajstić information content (AvgIpc) is 2.75. The van der Waals surface area contributed by atoms with E-state index in [1.54, 1.807) is 30.6 Å². The van der Waals surface area contributed by atoms with Crippen molar-refractivity contribution in [2.45, 2.75) is 37.8 Å². The van der Waals surface area contributed by atoms with Gasteiger partial charge in [0.2, 0.25) is 0 Å². The van der Waals surface area contributed by atoms with Crippen molar-refractivity contribution in [2.24, 2.45) is 0 Å². The molecule has 1 aromatic heterocycles. The fourth-order valence-electron chi connectivity index (χ4n) is 4.22. The zero-order chi connectivity index (χ0) is 20.2. The van der Waals surface area contributed by atoms with Crippen LogP contribution in [-0.4, -0.2) is 59.0 Å². The second kappa shape index (κ2) is 9.22. The number of ether oxygens (including phenoxy) is 1.